The SMILES string of the molecule is C[C@@H]1[C@@H](C)CCC[C@H]([C@H]2OC[C@H](N(C)C)CO2)[C@@H]2CC[C@H]2CN2C[C@@]3(CCCc4cc(Cl)ccc43)COc3ccc(cc32)C(=O)NS1(=O)=O. The highest BCUT2D eigenvalue weighted by Crippen LogP contribution is 2.49. The molecule has 9 nitrogen and oxygen atoms in total. The molecule has 268 valence electrons. The minimum absolute atomic E-state index is 0.122. The maximum Gasteiger partial charge on any atom is 0.264 e. The minimum atomic E-state index is -3.90. The van der Waals surface area contributed by atoms with Crippen LogP contribution in [0.4, 0.5) is 5.69 Å². The fraction of sp³-hybridized carbons (Fsp3) is 0.658. The fourth-order valence-electron chi connectivity index (χ4n) is 9.03. The van der Waals surface area contributed by atoms with Crippen molar-refractivity contribution in [2.24, 2.45) is 23.7 Å². The summed E-state index contributed by atoms with van der Waals surface area (Å²) in [5.74, 6) is 1.05. The van der Waals surface area contributed by atoms with Gasteiger partial charge in [0.25, 0.3) is 5.91 Å². The number of hydrogen-bond acceptors (Lipinski definition) is 8. The van der Waals surface area contributed by atoms with Crippen molar-refractivity contribution in [2.75, 3.05) is 51.9 Å². The molecular weight excluding hydrogens is 662 g/mol. The second-order valence-corrected chi connectivity index (χ2v) is 18.2. The number of aryl methyl sites for hydroxylation is 1. The highest BCUT2D eigenvalue weighted by molar-refractivity contribution is 7.90. The van der Waals surface area contributed by atoms with Gasteiger partial charge in [-0.2, -0.15) is 0 Å². The highest BCUT2D eigenvalue weighted by atomic mass is 35.5. The molecule has 49 heavy (non-hydrogen) atoms. The number of fused-ring (bicyclic) bond motifs is 4. The van der Waals surface area contributed by atoms with Crippen LogP contribution in [-0.4, -0.2) is 83.8 Å². The van der Waals surface area contributed by atoms with E-state index in [4.69, 9.17) is 25.8 Å². The highest BCUT2D eigenvalue weighted by Gasteiger charge is 2.47. The first kappa shape index (κ1) is 35.1. The van der Waals surface area contributed by atoms with Crippen LogP contribution in [0.1, 0.15) is 80.3 Å². The van der Waals surface area contributed by atoms with Crippen LogP contribution >= 0.6 is 11.6 Å². The second kappa shape index (κ2) is 14.0. The molecular formula is C38H52ClN3O6S. The number of nitrogens with one attached hydrogen (secondary N) is 1. The number of halogens is 1. The van der Waals surface area contributed by atoms with Crippen LogP contribution in [-0.2, 0) is 31.3 Å². The van der Waals surface area contributed by atoms with Gasteiger partial charge in [0, 0.05) is 35.0 Å². The number of anilines is 1. The lowest BCUT2D eigenvalue weighted by Crippen LogP contribution is -2.52. The van der Waals surface area contributed by atoms with E-state index in [-0.39, 0.29) is 29.6 Å². The van der Waals surface area contributed by atoms with E-state index in [1.54, 1.807) is 13.0 Å². The van der Waals surface area contributed by atoms with Crippen LogP contribution < -0.4 is 14.4 Å². The van der Waals surface area contributed by atoms with Gasteiger partial charge in [0.15, 0.2) is 6.29 Å². The standard InChI is InChI=1S/C38H52ClN3O6S/c1-24-7-5-9-32(37-46-20-30(21-47-37)41(3)4)31-13-10-28(31)19-42-22-38(16-6-8-26-17-29(39)12-14-33(26)38)23-48-35-15-11-27(18-34(35)42)36(43)40-49(44,45)25(24)2/h11-12,14-15,17-18,24-25,28,30-32,37H,5-10,13,16,19-23H2,1-4H3,(H,40,43)/t24-,25+,28-,30-,31+,32-,37-,38-/m0/s1. The minimum Gasteiger partial charge on any atom is -0.490 e. The first-order valence-corrected chi connectivity index (χ1v) is 20.1. The van der Waals surface area contributed by atoms with E-state index in [9.17, 15) is 13.2 Å². The lowest BCUT2D eigenvalue weighted by Gasteiger charge is -2.49. The summed E-state index contributed by atoms with van der Waals surface area (Å²) >= 11 is 6.47. The van der Waals surface area contributed by atoms with Crippen molar-refractivity contribution in [3.8, 4) is 5.75 Å². The molecule has 1 spiro atoms. The van der Waals surface area contributed by atoms with E-state index >= 15 is 0 Å². The quantitative estimate of drug-likeness (QED) is 0.404. The maximum atomic E-state index is 13.6. The summed E-state index contributed by atoms with van der Waals surface area (Å²) in [5, 5.41) is 0.0306. The molecule has 2 aromatic rings. The molecule has 0 unspecified atom stereocenters. The zero-order valence-electron chi connectivity index (χ0n) is 29.3. The van der Waals surface area contributed by atoms with Crippen molar-refractivity contribution in [1.29, 1.82) is 0 Å². The molecule has 1 N–H and O–H groups in total. The van der Waals surface area contributed by atoms with E-state index in [0.717, 1.165) is 80.9 Å². The summed E-state index contributed by atoms with van der Waals surface area (Å²) in [7, 11) is 0.219. The third-order valence-corrected chi connectivity index (χ3v) is 14.6. The first-order chi connectivity index (χ1) is 23.4. The number of nitrogens with zero attached hydrogens (tertiary/aromatic N) is 2. The summed E-state index contributed by atoms with van der Waals surface area (Å²) in [6.07, 6.45) is 7.49. The molecule has 7 rings (SSSR count). The van der Waals surface area contributed by atoms with Crippen LogP contribution in [0.2, 0.25) is 5.02 Å². The summed E-state index contributed by atoms with van der Waals surface area (Å²) < 4.78 is 49.0. The average Bonchev–Trinajstić information content (AvgIpc) is 3.21. The Kier molecular flexibility index (Phi) is 10.0. The predicted octanol–water partition coefficient (Wildman–Crippen LogP) is 6.03. The number of amides is 1. The summed E-state index contributed by atoms with van der Waals surface area (Å²) in [6, 6.07) is 11.9. The third-order valence-electron chi connectivity index (χ3n) is 12.5. The number of carbonyl (C=O) groups excluding carboxylic acids is 1. The van der Waals surface area contributed by atoms with E-state index in [0.29, 0.717) is 37.2 Å². The molecule has 0 radical (unpaired) electrons. The Balaban J connectivity index is 1.26. The van der Waals surface area contributed by atoms with E-state index in [1.807, 2.05) is 25.1 Å². The Labute approximate surface area is 297 Å². The van der Waals surface area contributed by atoms with E-state index in [2.05, 4.69) is 40.7 Å². The van der Waals surface area contributed by atoms with Gasteiger partial charge in [0.1, 0.15) is 5.75 Å². The monoisotopic (exact) mass is 713 g/mol. The number of hydrogen-bond donors (Lipinski definition) is 1. The van der Waals surface area contributed by atoms with Crippen molar-refractivity contribution < 1.29 is 27.4 Å². The Morgan fingerprint density at radius 3 is 2.51 bits per heavy atom. The molecule has 6 atom stereocenters. The molecule has 5 aliphatic rings. The van der Waals surface area contributed by atoms with Gasteiger partial charge in [-0.25, -0.2) is 13.1 Å². The molecule has 3 aliphatic heterocycles. The Morgan fingerprint density at radius 2 is 1.78 bits per heavy atom. The zero-order chi connectivity index (χ0) is 34.5. The molecule has 1 saturated heterocycles. The van der Waals surface area contributed by atoms with Crippen LogP contribution in [0.25, 0.3) is 0 Å². The molecule has 2 aromatic carbocycles. The van der Waals surface area contributed by atoms with Crippen LogP contribution in [0.15, 0.2) is 36.4 Å². The Bertz CT molecular complexity index is 1650. The Morgan fingerprint density at radius 1 is 0.980 bits per heavy atom. The topological polar surface area (TPSA) is 97.4 Å². The van der Waals surface area contributed by atoms with Gasteiger partial charge < -0.3 is 24.0 Å². The van der Waals surface area contributed by atoms with Gasteiger partial charge in [0.05, 0.1) is 36.8 Å². The number of ether oxygens (including phenoxy) is 3. The molecule has 11 heteroatoms. The molecule has 3 heterocycles. The van der Waals surface area contributed by atoms with Crippen molar-refractivity contribution >= 4 is 33.2 Å². The first-order valence-electron chi connectivity index (χ1n) is 18.2. The number of benzene rings is 2. The normalized spacial score (nSPS) is 34.9. The largest absolute Gasteiger partial charge is 0.490 e. The van der Waals surface area contributed by atoms with Crippen molar-refractivity contribution in [3.05, 3.63) is 58.1 Å². The summed E-state index contributed by atoms with van der Waals surface area (Å²) in [6.45, 7) is 7.03. The van der Waals surface area contributed by atoms with Gasteiger partial charge in [0.2, 0.25) is 10.0 Å². The van der Waals surface area contributed by atoms with Gasteiger partial charge in [-0.3, -0.25) is 4.79 Å². The van der Waals surface area contributed by atoms with Crippen molar-refractivity contribution in [2.45, 2.75) is 88.2 Å². The Hall–Kier alpha value is -2.37. The van der Waals surface area contributed by atoms with Crippen molar-refractivity contribution in [3.63, 3.8) is 0 Å². The average molecular weight is 714 g/mol. The lowest BCUT2D eigenvalue weighted by molar-refractivity contribution is -0.240. The lowest BCUT2D eigenvalue weighted by atomic mass is 9.64. The van der Waals surface area contributed by atoms with Gasteiger partial charge in [-0.1, -0.05) is 31.0 Å². The van der Waals surface area contributed by atoms with Crippen LogP contribution in [0.3, 0.4) is 0 Å². The summed E-state index contributed by atoms with van der Waals surface area (Å²) in [5.41, 5.74) is 3.48. The smallest absolute Gasteiger partial charge is 0.264 e. The molecule has 1 saturated carbocycles. The molecule has 2 aliphatic carbocycles. The number of sulfonamides is 1. The van der Waals surface area contributed by atoms with Crippen LogP contribution in [0.5, 0.6) is 5.75 Å². The molecule has 0 aromatic heterocycles. The van der Waals surface area contributed by atoms with E-state index in [1.165, 1.54) is 11.1 Å². The maximum absolute atomic E-state index is 13.6. The molecule has 1 amide bonds. The third kappa shape index (κ3) is 6.97. The number of rotatable bonds is 2. The number of carbonyl (C=O) groups is 1. The van der Waals surface area contributed by atoms with Crippen LogP contribution in [0, 0.1) is 23.7 Å². The molecule has 2 fully saturated rings. The second-order valence-electron chi connectivity index (χ2n) is 15.7. The molecule has 2 bridgehead atoms. The van der Waals surface area contributed by atoms with Gasteiger partial charge in [-0.05, 0) is 125 Å². The fourth-order valence-corrected chi connectivity index (χ4v) is 10.5. The van der Waals surface area contributed by atoms with Crippen molar-refractivity contribution in [1.82, 2.24) is 9.62 Å². The summed E-state index contributed by atoms with van der Waals surface area (Å²) in [4.78, 5) is 18.2. The van der Waals surface area contributed by atoms with E-state index < -0.39 is 21.2 Å². The predicted molar refractivity (Wildman–Crippen MR) is 192 cm³/mol. The zero-order valence-corrected chi connectivity index (χ0v) is 30.9. The van der Waals surface area contributed by atoms with Gasteiger partial charge >= 0.3 is 0 Å². The van der Waals surface area contributed by atoms with Gasteiger partial charge in [-0.15, -0.1) is 0 Å². The number of likely N-dealkylation sites (N-methyl/N-ethyl adjacent to an activating group) is 1.